The molecule has 2 aliphatic rings. The molecular formula is C37H48N2. The van der Waals surface area contributed by atoms with Gasteiger partial charge < -0.3 is 0 Å². The van der Waals surface area contributed by atoms with Gasteiger partial charge in [-0.25, -0.2) is 0 Å². The van der Waals surface area contributed by atoms with Crippen LogP contribution in [0.25, 0.3) is 5.57 Å². The second-order valence-electron chi connectivity index (χ2n) is 10.9. The van der Waals surface area contributed by atoms with E-state index in [-0.39, 0.29) is 0 Å². The van der Waals surface area contributed by atoms with Crippen molar-refractivity contribution in [2.24, 2.45) is 10.9 Å². The van der Waals surface area contributed by atoms with Crippen molar-refractivity contribution in [3.05, 3.63) is 130 Å². The van der Waals surface area contributed by atoms with Crippen molar-refractivity contribution in [1.29, 1.82) is 0 Å². The van der Waals surface area contributed by atoms with Gasteiger partial charge in [-0.1, -0.05) is 103 Å². The van der Waals surface area contributed by atoms with Crippen LogP contribution < -0.4 is 0 Å². The summed E-state index contributed by atoms with van der Waals surface area (Å²) in [5.41, 5.74) is 11.1. The van der Waals surface area contributed by atoms with Crippen LogP contribution in [0, 0.1) is 19.8 Å². The van der Waals surface area contributed by atoms with Crippen molar-refractivity contribution in [1.82, 2.24) is 4.98 Å². The Balaban J connectivity index is 0.000000207. The number of aryl methyl sites for hydroxylation is 2. The SMILES string of the molecule is CC1=C(CC(C)C)N=CCC1.CC=C(C)C.Cc1ccc(C2=CC2c2ccc(C)cc2)cc1.c1ccncc1. The molecule has 0 saturated heterocycles. The van der Waals surface area contributed by atoms with Crippen LogP contribution in [0.1, 0.15) is 89.0 Å². The number of hydrogen-bond donors (Lipinski definition) is 0. The van der Waals surface area contributed by atoms with Crippen LogP contribution in [0.5, 0.6) is 0 Å². The minimum atomic E-state index is 0.540. The van der Waals surface area contributed by atoms with E-state index in [0.29, 0.717) is 5.92 Å². The molecular weight excluding hydrogens is 472 g/mol. The van der Waals surface area contributed by atoms with Crippen LogP contribution in [0.4, 0.5) is 0 Å². The maximum absolute atomic E-state index is 4.41. The first kappa shape index (κ1) is 31.7. The van der Waals surface area contributed by atoms with Gasteiger partial charge in [0.2, 0.25) is 0 Å². The Labute approximate surface area is 238 Å². The number of benzene rings is 2. The van der Waals surface area contributed by atoms with Gasteiger partial charge in [-0.05, 0) is 95.6 Å². The molecule has 3 aromatic rings. The van der Waals surface area contributed by atoms with Crippen molar-refractivity contribution < 1.29 is 0 Å². The van der Waals surface area contributed by atoms with E-state index in [4.69, 9.17) is 0 Å². The number of nitrogens with zero attached hydrogens (tertiary/aromatic N) is 2. The van der Waals surface area contributed by atoms with E-state index in [1.54, 1.807) is 12.4 Å². The standard InChI is InChI=1S/C17H16.C10H17N.C5H5N.C5H10/c1-12-3-7-14(8-4-12)16-11-17(16)15-9-5-13(2)6-10-15;1-8(2)7-10-9(3)5-4-6-11-10;1-2-4-6-5-3-1;1-4-5(2)3/h3-11,16H,1-2H3;6,8H,4-5,7H2,1-3H3;1-5H;4H,1-3H3. The lowest BCUT2D eigenvalue weighted by Crippen LogP contribution is -1.98. The Bertz CT molecular complexity index is 1190. The monoisotopic (exact) mass is 520 g/mol. The average Bonchev–Trinajstić information content (AvgIpc) is 3.74. The molecule has 0 radical (unpaired) electrons. The van der Waals surface area contributed by atoms with Crippen molar-refractivity contribution in [2.45, 2.75) is 80.6 Å². The fourth-order valence-corrected chi connectivity index (χ4v) is 3.84. The normalized spacial score (nSPS) is 15.0. The van der Waals surface area contributed by atoms with Gasteiger partial charge in [-0.2, -0.15) is 0 Å². The van der Waals surface area contributed by atoms with Crippen molar-refractivity contribution in [3.63, 3.8) is 0 Å². The highest BCUT2D eigenvalue weighted by molar-refractivity contribution is 5.86. The molecule has 0 amide bonds. The summed E-state index contributed by atoms with van der Waals surface area (Å²) in [5.74, 6) is 1.27. The first-order valence-electron chi connectivity index (χ1n) is 14.2. The molecule has 2 nitrogen and oxygen atoms in total. The molecule has 1 aliphatic heterocycles. The summed E-state index contributed by atoms with van der Waals surface area (Å²) in [6.07, 6.45) is 13.5. The van der Waals surface area contributed by atoms with Crippen LogP contribution in [0.15, 0.2) is 113 Å². The van der Waals surface area contributed by atoms with E-state index in [9.17, 15) is 0 Å². The maximum Gasteiger partial charge on any atom is 0.0391 e. The minimum absolute atomic E-state index is 0.540. The molecule has 0 spiro atoms. The van der Waals surface area contributed by atoms with Crippen LogP contribution in [0.2, 0.25) is 0 Å². The second-order valence-corrected chi connectivity index (χ2v) is 10.9. The van der Waals surface area contributed by atoms with Crippen molar-refractivity contribution >= 4 is 11.8 Å². The maximum atomic E-state index is 4.41. The van der Waals surface area contributed by atoms with Crippen molar-refractivity contribution in [3.8, 4) is 0 Å². The summed E-state index contributed by atoms with van der Waals surface area (Å²) in [6, 6.07) is 23.4. The van der Waals surface area contributed by atoms with Gasteiger partial charge in [-0.15, -0.1) is 0 Å². The molecule has 0 N–H and O–H groups in total. The third-order valence-electron chi connectivity index (χ3n) is 6.53. The molecule has 2 heteroatoms. The molecule has 2 heterocycles. The first-order valence-corrected chi connectivity index (χ1v) is 14.2. The molecule has 0 saturated carbocycles. The number of hydrogen-bond acceptors (Lipinski definition) is 2. The lowest BCUT2D eigenvalue weighted by molar-refractivity contribution is 0.629. The molecule has 0 bridgehead atoms. The highest BCUT2D eigenvalue weighted by atomic mass is 14.7. The molecule has 1 aromatic heterocycles. The smallest absolute Gasteiger partial charge is 0.0391 e. The largest absolute Gasteiger partial charge is 0.266 e. The zero-order chi connectivity index (χ0) is 28.6. The summed E-state index contributed by atoms with van der Waals surface area (Å²) in [5, 5.41) is 0. The third kappa shape index (κ3) is 12.7. The van der Waals surface area contributed by atoms with Gasteiger partial charge in [-0.3, -0.25) is 9.98 Å². The van der Waals surface area contributed by atoms with Crippen LogP contribution in [-0.4, -0.2) is 11.2 Å². The summed E-state index contributed by atoms with van der Waals surface area (Å²) >= 11 is 0. The Morgan fingerprint density at radius 1 is 0.872 bits per heavy atom. The van der Waals surface area contributed by atoms with E-state index < -0.39 is 0 Å². The van der Waals surface area contributed by atoms with E-state index >= 15 is 0 Å². The molecule has 1 atom stereocenters. The van der Waals surface area contributed by atoms with E-state index in [0.717, 1.165) is 18.8 Å². The third-order valence-corrected chi connectivity index (χ3v) is 6.53. The second kappa shape index (κ2) is 17.1. The fourth-order valence-electron chi connectivity index (χ4n) is 3.84. The minimum Gasteiger partial charge on any atom is -0.266 e. The quantitative estimate of drug-likeness (QED) is 0.314. The van der Waals surface area contributed by atoms with Gasteiger partial charge in [0.25, 0.3) is 0 Å². The number of aromatic nitrogens is 1. The Hall–Kier alpha value is -3.52. The molecule has 1 aliphatic carbocycles. The predicted molar refractivity (Wildman–Crippen MR) is 172 cm³/mol. The summed E-state index contributed by atoms with van der Waals surface area (Å²) in [6.45, 7) is 17.1. The van der Waals surface area contributed by atoms with E-state index in [2.05, 4.69) is 119 Å². The van der Waals surface area contributed by atoms with Crippen LogP contribution in [0.3, 0.4) is 0 Å². The lowest BCUT2D eigenvalue weighted by Gasteiger charge is -2.12. The van der Waals surface area contributed by atoms with Gasteiger partial charge in [0.15, 0.2) is 0 Å². The van der Waals surface area contributed by atoms with Crippen LogP contribution in [-0.2, 0) is 0 Å². The van der Waals surface area contributed by atoms with Gasteiger partial charge in [0, 0.05) is 30.2 Å². The Morgan fingerprint density at radius 2 is 1.44 bits per heavy atom. The number of rotatable bonds is 4. The number of allylic oxidation sites excluding steroid dienone is 6. The highest BCUT2D eigenvalue weighted by Gasteiger charge is 2.27. The van der Waals surface area contributed by atoms with E-state index in [1.807, 2.05) is 31.3 Å². The molecule has 2 aromatic carbocycles. The fraction of sp³-hybridized carbons (Fsp3) is 0.351. The number of pyridine rings is 1. The Morgan fingerprint density at radius 3 is 1.87 bits per heavy atom. The van der Waals surface area contributed by atoms with Gasteiger partial charge in [0.1, 0.15) is 0 Å². The van der Waals surface area contributed by atoms with Crippen LogP contribution >= 0.6 is 0 Å². The topological polar surface area (TPSA) is 25.2 Å². The summed E-state index contributed by atoms with van der Waals surface area (Å²) < 4.78 is 0. The van der Waals surface area contributed by atoms with Gasteiger partial charge >= 0.3 is 0 Å². The van der Waals surface area contributed by atoms with Crippen molar-refractivity contribution in [2.75, 3.05) is 0 Å². The molecule has 206 valence electrons. The Kier molecular flexibility index (Phi) is 13.9. The first-order chi connectivity index (χ1) is 18.7. The average molecular weight is 521 g/mol. The number of aliphatic imine (C=N–C) groups is 1. The molecule has 1 unspecified atom stereocenters. The molecule has 0 fully saturated rings. The highest BCUT2D eigenvalue weighted by Crippen LogP contribution is 2.46. The zero-order valence-electron chi connectivity index (χ0n) is 25.4. The van der Waals surface area contributed by atoms with E-state index in [1.165, 1.54) is 51.1 Å². The zero-order valence-corrected chi connectivity index (χ0v) is 25.4. The lowest BCUT2D eigenvalue weighted by atomic mass is 10.0. The summed E-state index contributed by atoms with van der Waals surface area (Å²) in [7, 11) is 0. The molecule has 39 heavy (non-hydrogen) atoms. The predicted octanol–water partition coefficient (Wildman–Crippen LogP) is 10.7. The summed E-state index contributed by atoms with van der Waals surface area (Å²) in [4.78, 5) is 8.19. The van der Waals surface area contributed by atoms with Gasteiger partial charge in [0.05, 0.1) is 0 Å². The molecule has 5 rings (SSSR count).